The maximum absolute atomic E-state index is 13.8. The first kappa shape index (κ1) is 26.5. The normalized spacial score (nSPS) is 22.5. The minimum atomic E-state index is -0.148. The summed E-state index contributed by atoms with van der Waals surface area (Å²) < 4.78 is 11.6. The number of nitrogens with zero attached hydrogens (tertiary/aromatic N) is 1. The molecule has 0 bridgehead atoms. The van der Waals surface area contributed by atoms with Gasteiger partial charge in [-0.15, -0.1) is 0 Å². The van der Waals surface area contributed by atoms with Gasteiger partial charge in [0.05, 0.1) is 12.0 Å². The van der Waals surface area contributed by atoms with Crippen molar-refractivity contribution in [2.24, 2.45) is 5.92 Å². The lowest BCUT2D eigenvalue weighted by Crippen LogP contribution is -2.48. The van der Waals surface area contributed by atoms with Gasteiger partial charge < -0.3 is 19.7 Å². The minimum Gasteiger partial charge on any atom is -0.493 e. The van der Waals surface area contributed by atoms with Crippen LogP contribution >= 0.6 is 23.4 Å². The first-order valence-corrected chi connectivity index (χ1v) is 14.4. The van der Waals surface area contributed by atoms with Crippen LogP contribution in [0.15, 0.2) is 77.7 Å². The van der Waals surface area contributed by atoms with Gasteiger partial charge in [-0.05, 0) is 72.4 Å². The number of rotatable bonds is 8. The average Bonchev–Trinajstić information content (AvgIpc) is 3.23. The van der Waals surface area contributed by atoms with Crippen LogP contribution < -0.4 is 14.8 Å². The summed E-state index contributed by atoms with van der Waals surface area (Å²) >= 11 is 7.57. The Bertz CT molecular complexity index is 1280. The van der Waals surface area contributed by atoms with Gasteiger partial charge in [-0.2, -0.15) is 0 Å². The molecule has 38 heavy (non-hydrogen) atoms. The molecule has 2 fully saturated rings. The quantitative estimate of drug-likeness (QED) is 0.291. The fraction of sp³-hybridized carbons (Fsp3) is 0.323. The molecule has 3 aromatic carbocycles. The highest BCUT2D eigenvalue weighted by Gasteiger charge is 2.42. The summed E-state index contributed by atoms with van der Waals surface area (Å²) in [6.07, 6.45) is 6.56. The topological polar surface area (TPSA) is 50.8 Å². The third-order valence-electron chi connectivity index (χ3n) is 7.22. The summed E-state index contributed by atoms with van der Waals surface area (Å²) in [5.74, 6) is 1.84. The van der Waals surface area contributed by atoms with Crippen LogP contribution in [0.4, 0.5) is 5.69 Å². The molecule has 198 valence electrons. The number of hydrogen-bond acceptors (Lipinski definition) is 5. The van der Waals surface area contributed by atoms with E-state index in [-0.39, 0.29) is 17.4 Å². The summed E-state index contributed by atoms with van der Waals surface area (Å²) in [5.41, 5.74) is 2.78. The Morgan fingerprint density at radius 3 is 2.53 bits per heavy atom. The summed E-state index contributed by atoms with van der Waals surface area (Å²) in [6.45, 7) is 2.68. The molecule has 5 rings (SSSR count). The Balaban J connectivity index is 1.37. The Morgan fingerprint density at radius 1 is 1.03 bits per heavy atom. The molecule has 1 unspecified atom stereocenters. The predicted octanol–water partition coefficient (Wildman–Crippen LogP) is 7.82. The van der Waals surface area contributed by atoms with Gasteiger partial charge in [0.1, 0.15) is 6.61 Å². The van der Waals surface area contributed by atoms with Crippen molar-refractivity contribution in [2.75, 3.05) is 12.4 Å². The number of carbonyl (C=O) groups is 1. The second-order valence-corrected chi connectivity index (χ2v) is 11.4. The molecule has 3 atom stereocenters. The van der Waals surface area contributed by atoms with Gasteiger partial charge >= 0.3 is 0 Å². The second-order valence-electron chi connectivity index (χ2n) is 9.86. The number of hydrogen-bond donors (Lipinski definition) is 1. The smallest absolute Gasteiger partial charge is 0.262 e. The zero-order chi connectivity index (χ0) is 26.5. The van der Waals surface area contributed by atoms with Crippen molar-refractivity contribution in [1.29, 1.82) is 0 Å². The van der Waals surface area contributed by atoms with Crippen LogP contribution in [0.1, 0.15) is 43.7 Å². The Morgan fingerprint density at radius 2 is 1.79 bits per heavy atom. The summed E-state index contributed by atoms with van der Waals surface area (Å²) in [7, 11) is 1.63. The maximum Gasteiger partial charge on any atom is 0.262 e. The van der Waals surface area contributed by atoms with Crippen molar-refractivity contribution < 1.29 is 14.3 Å². The first-order chi connectivity index (χ1) is 18.5. The van der Waals surface area contributed by atoms with Crippen LogP contribution in [0.5, 0.6) is 11.5 Å². The van der Waals surface area contributed by atoms with Crippen LogP contribution in [-0.2, 0) is 11.4 Å². The van der Waals surface area contributed by atoms with Crippen LogP contribution in [-0.4, -0.2) is 29.5 Å². The summed E-state index contributed by atoms with van der Waals surface area (Å²) in [6, 6.07) is 23.7. The van der Waals surface area contributed by atoms with Crippen molar-refractivity contribution in [1.82, 2.24) is 4.90 Å². The molecule has 1 heterocycles. The van der Waals surface area contributed by atoms with Crippen molar-refractivity contribution in [3.05, 3.63) is 93.9 Å². The van der Waals surface area contributed by atoms with E-state index < -0.39 is 0 Å². The highest BCUT2D eigenvalue weighted by Crippen LogP contribution is 2.42. The number of halogens is 1. The molecular formula is C31H33ClN2O3S. The monoisotopic (exact) mass is 548 g/mol. The van der Waals surface area contributed by atoms with Gasteiger partial charge in [-0.1, -0.05) is 79.5 Å². The molecule has 0 radical (unpaired) electrons. The van der Waals surface area contributed by atoms with Crippen LogP contribution in [0.25, 0.3) is 6.08 Å². The summed E-state index contributed by atoms with van der Waals surface area (Å²) in [5, 5.41) is 4.29. The van der Waals surface area contributed by atoms with Crippen LogP contribution in [0.2, 0.25) is 5.02 Å². The Labute approximate surface area is 234 Å². The van der Waals surface area contributed by atoms with E-state index in [1.165, 1.54) is 6.42 Å². The van der Waals surface area contributed by atoms with Crippen molar-refractivity contribution in [2.45, 2.75) is 50.8 Å². The van der Waals surface area contributed by atoms with E-state index in [4.69, 9.17) is 21.1 Å². The highest BCUT2D eigenvalue weighted by atomic mass is 35.5. The third-order valence-corrected chi connectivity index (χ3v) is 8.58. The Hall–Kier alpha value is -3.09. The molecule has 0 aromatic heterocycles. The van der Waals surface area contributed by atoms with Gasteiger partial charge in [0, 0.05) is 16.8 Å². The number of amides is 1. The molecule has 0 spiro atoms. The number of thioether (sulfide) groups is 1. The van der Waals surface area contributed by atoms with Gasteiger partial charge in [0.2, 0.25) is 0 Å². The van der Waals surface area contributed by atoms with Gasteiger partial charge in [-0.3, -0.25) is 4.79 Å². The molecule has 1 saturated carbocycles. The second kappa shape index (κ2) is 12.2. The molecule has 2 aliphatic rings. The number of para-hydroxylation sites is 1. The van der Waals surface area contributed by atoms with E-state index in [0.29, 0.717) is 29.0 Å². The molecule has 1 aliphatic carbocycles. The molecule has 1 N–H and O–H groups in total. The number of methoxy groups -OCH3 is 1. The molecule has 1 amide bonds. The molecule has 3 aromatic rings. The largest absolute Gasteiger partial charge is 0.493 e. The number of carbonyl (C=O) groups excluding carboxylic acids is 1. The average molecular weight is 549 g/mol. The van der Waals surface area contributed by atoms with E-state index in [1.807, 2.05) is 78.9 Å². The van der Waals surface area contributed by atoms with Gasteiger partial charge in [-0.25, -0.2) is 0 Å². The number of benzene rings is 3. The van der Waals surface area contributed by atoms with Crippen molar-refractivity contribution in [3.8, 4) is 11.5 Å². The summed E-state index contributed by atoms with van der Waals surface area (Å²) in [4.78, 5) is 16.6. The number of anilines is 1. The van der Waals surface area contributed by atoms with Crippen LogP contribution in [0.3, 0.4) is 0 Å². The van der Waals surface area contributed by atoms with Crippen LogP contribution in [0, 0.1) is 5.92 Å². The number of nitrogens with one attached hydrogen (secondary N) is 1. The lowest BCUT2D eigenvalue weighted by Gasteiger charge is -2.39. The predicted molar refractivity (Wildman–Crippen MR) is 156 cm³/mol. The van der Waals surface area contributed by atoms with Gasteiger partial charge in [0.15, 0.2) is 17.0 Å². The Kier molecular flexibility index (Phi) is 8.50. The van der Waals surface area contributed by atoms with E-state index in [0.717, 1.165) is 41.0 Å². The highest BCUT2D eigenvalue weighted by molar-refractivity contribution is 8.05. The molecule has 1 aliphatic heterocycles. The molecular weight excluding hydrogens is 516 g/mol. The zero-order valence-electron chi connectivity index (χ0n) is 21.7. The lowest BCUT2D eigenvalue weighted by atomic mass is 9.85. The zero-order valence-corrected chi connectivity index (χ0v) is 23.3. The third kappa shape index (κ3) is 6.13. The minimum absolute atomic E-state index is 0.0872. The first-order valence-electron chi connectivity index (χ1n) is 13.1. The molecule has 1 saturated heterocycles. The fourth-order valence-corrected chi connectivity index (χ4v) is 6.49. The van der Waals surface area contributed by atoms with E-state index in [9.17, 15) is 4.79 Å². The van der Waals surface area contributed by atoms with E-state index in [2.05, 4.69) is 17.1 Å². The standard InChI is InChI=1S/C31H33ClN2O3S/c1-21-8-6-7-11-26(21)34-30(35)29(38-31(34)33-25-9-4-3-5-10-25)19-23-14-17-27(28(18-23)36-2)37-20-22-12-15-24(32)16-13-22/h3-5,9-10,12-19,21,26,31,33H,6-8,11,20H2,1-2H3/b29-19-/t21-,26+,31?/m0/s1. The van der Waals surface area contributed by atoms with Crippen molar-refractivity contribution >= 4 is 41.0 Å². The molecule has 5 nitrogen and oxygen atoms in total. The molecule has 7 heteroatoms. The lowest BCUT2D eigenvalue weighted by molar-refractivity contribution is -0.129. The van der Waals surface area contributed by atoms with E-state index >= 15 is 0 Å². The number of ether oxygens (including phenoxy) is 2. The van der Waals surface area contributed by atoms with E-state index in [1.54, 1.807) is 18.9 Å². The fourth-order valence-electron chi connectivity index (χ4n) is 5.15. The van der Waals surface area contributed by atoms with Gasteiger partial charge in [0.25, 0.3) is 5.91 Å². The SMILES string of the molecule is COc1cc(/C=C2\SC(Nc3ccccc3)N([C@@H]3CCCC[C@@H]3C)C2=O)ccc1OCc1ccc(Cl)cc1. The maximum atomic E-state index is 13.8. The van der Waals surface area contributed by atoms with Crippen molar-refractivity contribution in [3.63, 3.8) is 0 Å².